The van der Waals surface area contributed by atoms with Crippen LogP contribution >= 0.6 is 11.6 Å². The van der Waals surface area contributed by atoms with Crippen LogP contribution in [0, 0.1) is 0 Å². The second kappa shape index (κ2) is 7.56. The van der Waals surface area contributed by atoms with Crippen LogP contribution in [0.15, 0.2) is 55.2 Å². The summed E-state index contributed by atoms with van der Waals surface area (Å²) in [5.74, 6) is 0.938. The predicted octanol–water partition coefficient (Wildman–Crippen LogP) is 3.15. The molecule has 0 aliphatic heterocycles. The molecule has 1 N–H and O–H groups in total. The second-order valence-corrected chi connectivity index (χ2v) is 5.33. The van der Waals surface area contributed by atoms with Crippen LogP contribution in [0.2, 0.25) is 5.02 Å². The third kappa shape index (κ3) is 4.53. The highest BCUT2D eigenvalue weighted by molar-refractivity contribution is 6.30. The van der Waals surface area contributed by atoms with E-state index in [2.05, 4.69) is 20.4 Å². The summed E-state index contributed by atoms with van der Waals surface area (Å²) in [6.07, 6.45) is 4.84. The molecule has 7 nitrogen and oxygen atoms in total. The zero-order valence-corrected chi connectivity index (χ0v) is 13.3. The zero-order valence-electron chi connectivity index (χ0n) is 12.6. The highest BCUT2D eigenvalue weighted by atomic mass is 35.5. The first-order valence-corrected chi connectivity index (χ1v) is 7.58. The van der Waals surface area contributed by atoms with Crippen molar-refractivity contribution in [3.63, 3.8) is 0 Å². The summed E-state index contributed by atoms with van der Waals surface area (Å²) in [5, 5.41) is 7.35. The molecule has 2 heterocycles. The van der Waals surface area contributed by atoms with Gasteiger partial charge in [-0.05, 0) is 30.3 Å². The summed E-state index contributed by atoms with van der Waals surface area (Å²) in [4.78, 5) is 19.9. The lowest BCUT2D eigenvalue weighted by molar-refractivity contribution is -0.116. The summed E-state index contributed by atoms with van der Waals surface area (Å²) in [5.41, 5.74) is 0.599. The average Bonchev–Trinajstić information content (AvgIpc) is 3.10. The summed E-state index contributed by atoms with van der Waals surface area (Å²) >= 11 is 5.82. The van der Waals surface area contributed by atoms with Gasteiger partial charge in [0.1, 0.15) is 18.4 Å². The molecule has 1 amide bonds. The molecule has 0 bridgehead atoms. The molecule has 3 aromatic rings. The van der Waals surface area contributed by atoms with Crippen LogP contribution in [0.3, 0.4) is 0 Å². The van der Waals surface area contributed by atoms with Gasteiger partial charge in [0.15, 0.2) is 0 Å². The molecular formula is C16H14ClN5O2. The van der Waals surface area contributed by atoms with E-state index >= 15 is 0 Å². The number of aromatic nitrogens is 4. The van der Waals surface area contributed by atoms with Crippen molar-refractivity contribution < 1.29 is 9.53 Å². The van der Waals surface area contributed by atoms with Crippen LogP contribution in [0.1, 0.15) is 6.42 Å². The Kier molecular flexibility index (Phi) is 5.02. The number of hydrogen-bond acceptors (Lipinski definition) is 5. The number of benzene rings is 1. The first kappa shape index (κ1) is 15.9. The monoisotopic (exact) mass is 343 g/mol. The van der Waals surface area contributed by atoms with Gasteiger partial charge in [-0.15, -0.1) is 0 Å². The molecule has 0 unspecified atom stereocenters. The summed E-state index contributed by atoms with van der Waals surface area (Å²) in [7, 11) is 0. The van der Waals surface area contributed by atoms with Gasteiger partial charge in [0.05, 0.1) is 18.4 Å². The topological polar surface area (TPSA) is 81.9 Å². The number of amides is 1. The zero-order chi connectivity index (χ0) is 16.8. The van der Waals surface area contributed by atoms with Gasteiger partial charge in [-0.1, -0.05) is 11.6 Å². The maximum absolute atomic E-state index is 11.9. The van der Waals surface area contributed by atoms with Crippen molar-refractivity contribution >= 4 is 23.2 Å². The number of carbonyl (C=O) groups is 1. The van der Waals surface area contributed by atoms with Crippen molar-refractivity contribution in [2.75, 3.05) is 5.32 Å². The van der Waals surface area contributed by atoms with Gasteiger partial charge < -0.3 is 10.1 Å². The SMILES string of the molecule is O=C(CCn1cncn1)Nc1ccc(Oc2ccc(Cl)cc2)nc1. The van der Waals surface area contributed by atoms with E-state index < -0.39 is 0 Å². The molecule has 0 saturated carbocycles. The number of hydrogen-bond donors (Lipinski definition) is 1. The number of pyridine rings is 1. The van der Waals surface area contributed by atoms with Gasteiger partial charge in [0.2, 0.25) is 11.8 Å². The van der Waals surface area contributed by atoms with Crippen LogP contribution in [-0.2, 0) is 11.3 Å². The van der Waals surface area contributed by atoms with E-state index in [4.69, 9.17) is 16.3 Å². The maximum atomic E-state index is 11.9. The Balaban J connectivity index is 1.52. The van der Waals surface area contributed by atoms with Crippen LogP contribution in [0.4, 0.5) is 5.69 Å². The molecule has 0 spiro atoms. The van der Waals surface area contributed by atoms with E-state index in [1.54, 1.807) is 53.6 Å². The van der Waals surface area contributed by atoms with Crippen LogP contribution in [0.25, 0.3) is 0 Å². The number of halogens is 1. The van der Waals surface area contributed by atoms with Crippen molar-refractivity contribution in [1.29, 1.82) is 0 Å². The molecule has 0 radical (unpaired) electrons. The molecule has 3 rings (SSSR count). The highest BCUT2D eigenvalue weighted by Gasteiger charge is 2.05. The standard InChI is InChI=1S/C16H14ClN5O2/c17-12-1-4-14(5-2-12)24-16-6-3-13(9-19-16)21-15(23)7-8-22-11-18-10-20-22/h1-6,9-11H,7-8H2,(H,21,23). The first-order valence-electron chi connectivity index (χ1n) is 7.21. The summed E-state index contributed by atoms with van der Waals surface area (Å²) in [6.45, 7) is 0.469. The molecular weight excluding hydrogens is 330 g/mol. The van der Waals surface area contributed by atoms with E-state index in [1.807, 2.05) is 0 Å². The number of carbonyl (C=O) groups excluding carboxylic acids is 1. The normalized spacial score (nSPS) is 10.4. The fourth-order valence-corrected chi connectivity index (χ4v) is 2.05. The third-order valence-electron chi connectivity index (χ3n) is 3.09. The van der Waals surface area contributed by atoms with E-state index in [0.29, 0.717) is 35.3 Å². The molecule has 8 heteroatoms. The molecule has 1 aromatic carbocycles. The molecule has 122 valence electrons. The van der Waals surface area contributed by atoms with Crippen molar-refractivity contribution in [3.8, 4) is 11.6 Å². The van der Waals surface area contributed by atoms with Gasteiger partial charge in [-0.25, -0.2) is 9.97 Å². The molecule has 24 heavy (non-hydrogen) atoms. The Morgan fingerprint density at radius 2 is 2.04 bits per heavy atom. The minimum atomic E-state index is -0.126. The Labute approximate surface area is 143 Å². The van der Waals surface area contributed by atoms with E-state index in [-0.39, 0.29) is 5.91 Å². The number of aryl methyl sites for hydroxylation is 1. The van der Waals surface area contributed by atoms with Crippen molar-refractivity contribution in [2.24, 2.45) is 0 Å². The molecule has 0 aliphatic rings. The van der Waals surface area contributed by atoms with Gasteiger partial charge in [0.25, 0.3) is 0 Å². The molecule has 0 aliphatic carbocycles. The fraction of sp³-hybridized carbons (Fsp3) is 0.125. The number of rotatable bonds is 6. The van der Waals surface area contributed by atoms with E-state index in [1.165, 1.54) is 6.33 Å². The van der Waals surface area contributed by atoms with Gasteiger partial charge in [-0.3, -0.25) is 9.48 Å². The minimum absolute atomic E-state index is 0.126. The number of nitrogens with zero attached hydrogens (tertiary/aromatic N) is 4. The Hall–Kier alpha value is -2.93. The second-order valence-electron chi connectivity index (χ2n) is 4.90. The summed E-state index contributed by atoms with van der Waals surface area (Å²) in [6, 6.07) is 10.4. The number of ether oxygens (including phenoxy) is 1. The lowest BCUT2D eigenvalue weighted by Gasteiger charge is -2.07. The highest BCUT2D eigenvalue weighted by Crippen LogP contribution is 2.22. The maximum Gasteiger partial charge on any atom is 0.226 e. The average molecular weight is 344 g/mol. The van der Waals surface area contributed by atoms with Crippen LogP contribution in [0.5, 0.6) is 11.6 Å². The van der Waals surface area contributed by atoms with Gasteiger partial charge >= 0.3 is 0 Å². The smallest absolute Gasteiger partial charge is 0.226 e. The quantitative estimate of drug-likeness (QED) is 0.743. The number of nitrogens with one attached hydrogen (secondary N) is 1. The molecule has 0 saturated heterocycles. The minimum Gasteiger partial charge on any atom is -0.439 e. The lowest BCUT2D eigenvalue weighted by atomic mass is 10.3. The van der Waals surface area contributed by atoms with Gasteiger partial charge in [0, 0.05) is 17.5 Å². The van der Waals surface area contributed by atoms with Crippen molar-refractivity contribution in [1.82, 2.24) is 19.7 Å². The predicted molar refractivity (Wildman–Crippen MR) is 89.0 cm³/mol. The van der Waals surface area contributed by atoms with Crippen LogP contribution in [-0.4, -0.2) is 25.7 Å². The third-order valence-corrected chi connectivity index (χ3v) is 3.34. The van der Waals surface area contributed by atoms with E-state index in [9.17, 15) is 4.79 Å². The van der Waals surface area contributed by atoms with Gasteiger partial charge in [-0.2, -0.15) is 5.10 Å². The summed E-state index contributed by atoms with van der Waals surface area (Å²) < 4.78 is 7.19. The Bertz CT molecular complexity index is 788. The molecule has 2 aromatic heterocycles. The first-order chi connectivity index (χ1) is 11.7. The Morgan fingerprint density at radius 3 is 2.71 bits per heavy atom. The van der Waals surface area contributed by atoms with Crippen molar-refractivity contribution in [2.45, 2.75) is 13.0 Å². The lowest BCUT2D eigenvalue weighted by Crippen LogP contribution is -2.14. The fourth-order valence-electron chi connectivity index (χ4n) is 1.93. The molecule has 0 fully saturated rings. The Morgan fingerprint density at radius 1 is 1.21 bits per heavy atom. The van der Waals surface area contributed by atoms with Crippen LogP contribution < -0.4 is 10.1 Å². The van der Waals surface area contributed by atoms with Crippen molar-refractivity contribution in [3.05, 3.63) is 60.3 Å². The number of anilines is 1. The largest absolute Gasteiger partial charge is 0.439 e. The van der Waals surface area contributed by atoms with E-state index in [0.717, 1.165) is 0 Å². The molecule has 0 atom stereocenters.